The van der Waals surface area contributed by atoms with Crippen LogP contribution >= 0.6 is 27.5 Å². The predicted octanol–water partition coefficient (Wildman–Crippen LogP) is 4.27. The van der Waals surface area contributed by atoms with E-state index in [0.717, 1.165) is 15.8 Å². The summed E-state index contributed by atoms with van der Waals surface area (Å²) in [5, 5.41) is 0.594. The third kappa shape index (κ3) is 3.55. The van der Waals surface area contributed by atoms with Gasteiger partial charge in [0.25, 0.3) is 0 Å². The van der Waals surface area contributed by atoms with Gasteiger partial charge in [-0.1, -0.05) is 17.7 Å². The number of hydrogen-bond acceptors (Lipinski definition) is 3. The van der Waals surface area contributed by atoms with Gasteiger partial charge in [-0.25, -0.2) is 0 Å². The minimum atomic E-state index is 0.425. The third-order valence-corrected chi connectivity index (χ3v) is 3.44. The number of benzene rings is 2. The Morgan fingerprint density at radius 1 is 1.16 bits per heavy atom. The molecule has 2 aromatic rings. The van der Waals surface area contributed by atoms with Crippen LogP contribution in [0.25, 0.3) is 0 Å². The zero-order valence-electron chi connectivity index (χ0n) is 10.3. The van der Waals surface area contributed by atoms with Crippen molar-refractivity contribution in [3.63, 3.8) is 0 Å². The summed E-state index contributed by atoms with van der Waals surface area (Å²) < 4.78 is 11.7. The standard InChI is InChI=1S/C14H13BrClNO2/c1-18-13-4-2-9(6-11(13)15)8-19-14-5-3-10(16)7-12(14)17/h2-7H,8,17H2,1H3. The third-order valence-electron chi connectivity index (χ3n) is 2.58. The molecular formula is C14H13BrClNO2. The largest absolute Gasteiger partial charge is 0.496 e. The fourth-order valence-corrected chi connectivity index (χ4v) is 2.38. The van der Waals surface area contributed by atoms with Crippen molar-refractivity contribution in [2.45, 2.75) is 6.61 Å². The fraction of sp³-hybridized carbons (Fsp3) is 0.143. The molecule has 3 nitrogen and oxygen atoms in total. The molecule has 2 aromatic carbocycles. The summed E-state index contributed by atoms with van der Waals surface area (Å²) in [6.07, 6.45) is 0. The lowest BCUT2D eigenvalue weighted by Crippen LogP contribution is -1.99. The van der Waals surface area contributed by atoms with Gasteiger partial charge in [0.1, 0.15) is 18.1 Å². The summed E-state index contributed by atoms with van der Waals surface area (Å²) in [6.45, 7) is 0.425. The maximum atomic E-state index is 5.83. The quantitative estimate of drug-likeness (QED) is 0.844. The lowest BCUT2D eigenvalue weighted by atomic mass is 10.2. The van der Waals surface area contributed by atoms with E-state index >= 15 is 0 Å². The zero-order valence-corrected chi connectivity index (χ0v) is 12.7. The van der Waals surface area contributed by atoms with E-state index < -0.39 is 0 Å². The van der Waals surface area contributed by atoms with E-state index in [9.17, 15) is 0 Å². The Balaban J connectivity index is 2.08. The minimum absolute atomic E-state index is 0.425. The highest BCUT2D eigenvalue weighted by Crippen LogP contribution is 2.28. The lowest BCUT2D eigenvalue weighted by Gasteiger charge is -2.10. The molecule has 5 heteroatoms. The van der Waals surface area contributed by atoms with Crippen LogP contribution in [0.5, 0.6) is 11.5 Å². The molecule has 0 bridgehead atoms. The Morgan fingerprint density at radius 3 is 2.53 bits per heavy atom. The van der Waals surface area contributed by atoms with Gasteiger partial charge in [-0.2, -0.15) is 0 Å². The first-order chi connectivity index (χ1) is 9.10. The molecule has 0 aliphatic heterocycles. The topological polar surface area (TPSA) is 44.5 Å². The Morgan fingerprint density at radius 2 is 1.89 bits per heavy atom. The van der Waals surface area contributed by atoms with Crippen molar-refractivity contribution in [1.82, 2.24) is 0 Å². The van der Waals surface area contributed by atoms with Crippen molar-refractivity contribution < 1.29 is 9.47 Å². The Hall–Kier alpha value is -1.39. The van der Waals surface area contributed by atoms with E-state index in [-0.39, 0.29) is 0 Å². The highest BCUT2D eigenvalue weighted by atomic mass is 79.9. The molecule has 2 N–H and O–H groups in total. The maximum absolute atomic E-state index is 5.83. The Bertz CT molecular complexity index is 590. The van der Waals surface area contributed by atoms with E-state index in [2.05, 4.69) is 15.9 Å². The van der Waals surface area contributed by atoms with Crippen molar-refractivity contribution in [2.75, 3.05) is 12.8 Å². The van der Waals surface area contributed by atoms with Crippen LogP contribution in [-0.4, -0.2) is 7.11 Å². The summed E-state index contributed by atoms with van der Waals surface area (Å²) in [5.41, 5.74) is 7.37. The van der Waals surface area contributed by atoms with Crippen molar-refractivity contribution in [3.8, 4) is 11.5 Å². The van der Waals surface area contributed by atoms with Gasteiger partial charge in [0, 0.05) is 5.02 Å². The summed E-state index contributed by atoms with van der Waals surface area (Å²) in [4.78, 5) is 0. The summed E-state index contributed by atoms with van der Waals surface area (Å²) >= 11 is 9.27. The molecule has 0 saturated carbocycles. The van der Waals surface area contributed by atoms with E-state index in [1.807, 2.05) is 18.2 Å². The Kier molecular flexibility index (Phi) is 4.56. The van der Waals surface area contributed by atoms with E-state index in [1.165, 1.54) is 0 Å². The summed E-state index contributed by atoms with van der Waals surface area (Å²) in [5.74, 6) is 1.41. The van der Waals surface area contributed by atoms with Crippen molar-refractivity contribution in [3.05, 3.63) is 51.5 Å². The van der Waals surface area contributed by atoms with Crippen LogP contribution in [0.15, 0.2) is 40.9 Å². The highest BCUT2D eigenvalue weighted by Gasteiger charge is 2.04. The molecule has 0 heterocycles. The molecule has 19 heavy (non-hydrogen) atoms. The average molecular weight is 343 g/mol. The first kappa shape index (κ1) is 14.0. The molecule has 2 rings (SSSR count). The van der Waals surface area contributed by atoms with E-state index in [1.54, 1.807) is 25.3 Å². The van der Waals surface area contributed by atoms with Crippen LogP contribution in [0.2, 0.25) is 5.02 Å². The molecule has 0 atom stereocenters. The SMILES string of the molecule is COc1ccc(COc2ccc(Cl)cc2N)cc1Br. The fourth-order valence-electron chi connectivity index (χ4n) is 1.61. The smallest absolute Gasteiger partial charge is 0.142 e. The molecule has 100 valence electrons. The molecule has 0 aromatic heterocycles. The van der Waals surface area contributed by atoms with Crippen LogP contribution in [0, 0.1) is 0 Å². The van der Waals surface area contributed by atoms with Crippen LogP contribution in [0.3, 0.4) is 0 Å². The van der Waals surface area contributed by atoms with Gasteiger partial charge in [0.2, 0.25) is 0 Å². The number of nitrogens with two attached hydrogens (primary N) is 1. The van der Waals surface area contributed by atoms with Crippen molar-refractivity contribution in [2.24, 2.45) is 0 Å². The van der Waals surface area contributed by atoms with Gasteiger partial charge in [0.05, 0.1) is 17.3 Å². The molecular weight excluding hydrogens is 330 g/mol. The van der Waals surface area contributed by atoms with Crippen molar-refractivity contribution in [1.29, 1.82) is 0 Å². The second-order valence-corrected chi connectivity index (χ2v) is 5.23. The van der Waals surface area contributed by atoms with Crippen LogP contribution in [0.1, 0.15) is 5.56 Å². The van der Waals surface area contributed by atoms with Crippen LogP contribution in [-0.2, 0) is 6.61 Å². The number of ether oxygens (including phenoxy) is 2. The number of hydrogen-bond donors (Lipinski definition) is 1. The molecule has 0 spiro atoms. The summed E-state index contributed by atoms with van der Waals surface area (Å²) in [6, 6.07) is 10.9. The minimum Gasteiger partial charge on any atom is -0.496 e. The monoisotopic (exact) mass is 341 g/mol. The first-order valence-electron chi connectivity index (χ1n) is 5.60. The predicted molar refractivity (Wildman–Crippen MR) is 80.9 cm³/mol. The molecule has 0 saturated heterocycles. The van der Waals surface area contributed by atoms with Gasteiger partial charge >= 0.3 is 0 Å². The normalized spacial score (nSPS) is 10.3. The lowest BCUT2D eigenvalue weighted by molar-refractivity contribution is 0.307. The molecule has 0 unspecified atom stereocenters. The summed E-state index contributed by atoms with van der Waals surface area (Å²) in [7, 11) is 1.63. The molecule has 0 amide bonds. The average Bonchev–Trinajstić information content (AvgIpc) is 2.38. The molecule has 0 aliphatic rings. The second-order valence-electron chi connectivity index (χ2n) is 3.94. The van der Waals surface area contributed by atoms with Gasteiger partial charge < -0.3 is 15.2 Å². The van der Waals surface area contributed by atoms with Gasteiger partial charge in [-0.3, -0.25) is 0 Å². The number of halogens is 2. The van der Waals surface area contributed by atoms with Gasteiger partial charge in [-0.15, -0.1) is 0 Å². The van der Waals surface area contributed by atoms with Gasteiger partial charge in [-0.05, 0) is 51.8 Å². The van der Waals surface area contributed by atoms with E-state index in [0.29, 0.717) is 23.1 Å². The van der Waals surface area contributed by atoms with E-state index in [4.69, 9.17) is 26.8 Å². The van der Waals surface area contributed by atoms with Crippen molar-refractivity contribution >= 4 is 33.2 Å². The van der Waals surface area contributed by atoms with Crippen LogP contribution < -0.4 is 15.2 Å². The number of anilines is 1. The number of rotatable bonds is 4. The second kappa shape index (κ2) is 6.17. The highest BCUT2D eigenvalue weighted by molar-refractivity contribution is 9.10. The molecule has 0 radical (unpaired) electrons. The number of nitrogen functional groups attached to an aromatic ring is 1. The number of methoxy groups -OCH3 is 1. The maximum Gasteiger partial charge on any atom is 0.142 e. The molecule has 0 fully saturated rings. The Labute approximate surface area is 125 Å². The molecule has 0 aliphatic carbocycles. The van der Waals surface area contributed by atoms with Gasteiger partial charge in [0.15, 0.2) is 0 Å². The first-order valence-corrected chi connectivity index (χ1v) is 6.77. The zero-order chi connectivity index (χ0) is 13.8. The van der Waals surface area contributed by atoms with Crippen LogP contribution in [0.4, 0.5) is 5.69 Å².